The number of carboxylic acid groups (broad SMARTS) is 1. The summed E-state index contributed by atoms with van der Waals surface area (Å²) in [4.78, 5) is 25.3. The Morgan fingerprint density at radius 3 is 2.50 bits per heavy atom. The lowest BCUT2D eigenvalue weighted by Crippen LogP contribution is -2.18. The lowest BCUT2D eigenvalue weighted by Gasteiger charge is -2.08. The summed E-state index contributed by atoms with van der Waals surface area (Å²) in [6, 6.07) is 3.81. The van der Waals surface area contributed by atoms with Crippen molar-refractivity contribution in [3.8, 4) is 0 Å². The maximum absolute atomic E-state index is 12.9. The summed E-state index contributed by atoms with van der Waals surface area (Å²) in [6.07, 6.45) is -4.77. The van der Waals surface area contributed by atoms with Crippen molar-refractivity contribution < 1.29 is 27.9 Å². The molecular formula is C12H9F3N2O3. The van der Waals surface area contributed by atoms with Gasteiger partial charge in [0, 0.05) is 5.56 Å². The molecule has 0 aliphatic rings. The maximum Gasteiger partial charge on any atom is 0.449 e. The van der Waals surface area contributed by atoms with Crippen LogP contribution in [0.2, 0.25) is 0 Å². The van der Waals surface area contributed by atoms with Crippen molar-refractivity contribution in [2.24, 2.45) is 0 Å². The number of imidazole rings is 1. The second-order valence-corrected chi connectivity index (χ2v) is 4.17. The SMILES string of the molecule is CC(=O)c1ccc2c(c1)nc(C(F)(F)F)n2CC(=O)O. The third kappa shape index (κ3) is 2.49. The Kier molecular flexibility index (Phi) is 3.24. The van der Waals surface area contributed by atoms with E-state index in [4.69, 9.17) is 5.11 Å². The van der Waals surface area contributed by atoms with Crippen LogP contribution in [0.3, 0.4) is 0 Å². The number of fused-ring (bicyclic) bond motifs is 1. The minimum Gasteiger partial charge on any atom is -0.480 e. The molecule has 0 bridgehead atoms. The van der Waals surface area contributed by atoms with Crippen molar-refractivity contribution in [2.75, 3.05) is 0 Å². The van der Waals surface area contributed by atoms with Gasteiger partial charge in [-0.25, -0.2) is 4.98 Å². The molecule has 1 aromatic heterocycles. The van der Waals surface area contributed by atoms with Crippen molar-refractivity contribution in [2.45, 2.75) is 19.6 Å². The van der Waals surface area contributed by atoms with Gasteiger partial charge in [-0.2, -0.15) is 13.2 Å². The summed E-state index contributed by atoms with van der Waals surface area (Å²) in [7, 11) is 0. The number of rotatable bonds is 3. The van der Waals surface area contributed by atoms with E-state index in [0.29, 0.717) is 4.57 Å². The first-order valence-electron chi connectivity index (χ1n) is 5.50. The average Bonchev–Trinajstić information content (AvgIpc) is 2.66. The summed E-state index contributed by atoms with van der Waals surface area (Å²) >= 11 is 0. The average molecular weight is 286 g/mol. The van der Waals surface area contributed by atoms with Crippen molar-refractivity contribution >= 4 is 22.8 Å². The van der Waals surface area contributed by atoms with Crippen LogP contribution in [0, 0.1) is 0 Å². The molecule has 0 unspecified atom stereocenters. The van der Waals surface area contributed by atoms with E-state index in [-0.39, 0.29) is 22.4 Å². The standard InChI is InChI=1S/C12H9F3N2O3/c1-6(18)7-2-3-9-8(4-7)16-11(12(13,14)15)17(9)5-10(19)20/h2-4H,5H2,1H3,(H,19,20). The van der Waals surface area contributed by atoms with E-state index in [1.807, 2.05) is 0 Å². The third-order valence-electron chi connectivity index (χ3n) is 2.70. The summed E-state index contributed by atoms with van der Waals surface area (Å²) in [5, 5.41) is 8.71. The van der Waals surface area contributed by atoms with Crippen molar-refractivity contribution in [3.63, 3.8) is 0 Å². The van der Waals surface area contributed by atoms with Crippen LogP contribution in [0.4, 0.5) is 13.2 Å². The number of aromatic nitrogens is 2. The Bertz CT molecular complexity index is 704. The number of carbonyl (C=O) groups excluding carboxylic acids is 1. The molecule has 0 spiro atoms. The van der Waals surface area contributed by atoms with Gasteiger partial charge in [0.2, 0.25) is 5.82 Å². The van der Waals surface area contributed by atoms with Crippen LogP contribution in [0.1, 0.15) is 23.1 Å². The quantitative estimate of drug-likeness (QED) is 0.879. The first-order chi connectivity index (χ1) is 9.20. The Morgan fingerprint density at radius 2 is 2.00 bits per heavy atom. The highest BCUT2D eigenvalue weighted by atomic mass is 19.4. The summed E-state index contributed by atoms with van der Waals surface area (Å²) in [6.45, 7) is 0.421. The molecule has 2 aromatic rings. The normalized spacial score (nSPS) is 11.8. The van der Waals surface area contributed by atoms with Gasteiger partial charge in [0.05, 0.1) is 11.0 Å². The molecule has 2 rings (SSSR count). The lowest BCUT2D eigenvalue weighted by molar-refractivity contribution is -0.148. The number of alkyl halides is 3. The molecule has 0 aliphatic heterocycles. The minimum atomic E-state index is -4.77. The number of aliphatic carboxylic acids is 1. The van der Waals surface area contributed by atoms with E-state index >= 15 is 0 Å². The van der Waals surface area contributed by atoms with Crippen molar-refractivity contribution in [1.29, 1.82) is 0 Å². The molecule has 106 valence electrons. The van der Waals surface area contributed by atoms with Gasteiger partial charge in [-0.3, -0.25) is 9.59 Å². The number of carbonyl (C=O) groups is 2. The number of nitrogens with zero attached hydrogens (tertiary/aromatic N) is 2. The molecule has 0 fully saturated rings. The van der Waals surface area contributed by atoms with E-state index in [1.165, 1.54) is 25.1 Å². The fourth-order valence-electron chi connectivity index (χ4n) is 1.86. The molecule has 20 heavy (non-hydrogen) atoms. The van der Waals surface area contributed by atoms with Gasteiger partial charge in [0.1, 0.15) is 6.54 Å². The Morgan fingerprint density at radius 1 is 1.35 bits per heavy atom. The van der Waals surface area contributed by atoms with E-state index < -0.39 is 24.5 Å². The van der Waals surface area contributed by atoms with Crippen LogP contribution < -0.4 is 0 Å². The van der Waals surface area contributed by atoms with Gasteiger partial charge >= 0.3 is 12.1 Å². The van der Waals surface area contributed by atoms with E-state index in [9.17, 15) is 22.8 Å². The van der Waals surface area contributed by atoms with Gasteiger partial charge in [-0.15, -0.1) is 0 Å². The third-order valence-corrected chi connectivity index (χ3v) is 2.70. The zero-order valence-electron chi connectivity index (χ0n) is 10.2. The van der Waals surface area contributed by atoms with Crippen molar-refractivity contribution in [3.05, 3.63) is 29.6 Å². The molecule has 0 saturated carbocycles. The molecule has 1 N–H and O–H groups in total. The van der Waals surface area contributed by atoms with Crippen LogP contribution in [0.15, 0.2) is 18.2 Å². The lowest BCUT2D eigenvalue weighted by atomic mass is 10.1. The number of carboxylic acids is 1. The molecule has 0 amide bonds. The monoisotopic (exact) mass is 286 g/mol. The number of benzene rings is 1. The van der Waals surface area contributed by atoms with Gasteiger partial charge in [-0.1, -0.05) is 0 Å². The number of hydrogen-bond acceptors (Lipinski definition) is 3. The van der Waals surface area contributed by atoms with Gasteiger partial charge in [0.15, 0.2) is 5.78 Å². The molecule has 1 aromatic carbocycles. The Hall–Kier alpha value is -2.38. The number of Topliss-reactive ketones (excluding diaryl/α,β-unsaturated/α-hetero) is 1. The molecule has 0 saturated heterocycles. The Labute approximate surface area is 110 Å². The van der Waals surface area contributed by atoms with E-state index in [1.54, 1.807) is 0 Å². The summed E-state index contributed by atoms with van der Waals surface area (Å²) < 4.78 is 39.1. The highest BCUT2D eigenvalue weighted by molar-refractivity contribution is 5.97. The fourth-order valence-corrected chi connectivity index (χ4v) is 1.86. The predicted molar refractivity (Wildman–Crippen MR) is 62.4 cm³/mol. The summed E-state index contributed by atoms with van der Waals surface area (Å²) in [5.74, 6) is -3.02. The first-order valence-corrected chi connectivity index (χ1v) is 5.50. The smallest absolute Gasteiger partial charge is 0.449 e. The highest BCUT2D eigenvalue weighted by Gasteiger charge is 2.38. The minimum absolute atomic E-state index is 0.0183. The molecule has 0 radical (unpaired) electrons. The summed E-state index contributed by atoms with van der Waals surface area (Å²) in [5.41, 5.74) is 0.169. The molecule has 1 heterocycles. The van der Waals surface area contributed by atoms with Crippen molar-refractivity contribution in [1.82, 2.24) is 9.55 Å². The van der Waals surface area contributed by atoms with Gasteiger partial charge in [0.25, 0.3) is 0 Å². The molecular weight excluding hydrogens is 277 g/mol. The molecule has 5 nitrogen and oxygen atoms in total. The maximum atomic E-state index is 12.9. The van der Waals surface area contributed by atoms with Crippen LogP contribution in [0.5, 0.6) is 0 Å². The molecule has 8 heteroatoms. The Balaban J connectivity index is 2.71. The zero-order valence-corrected chi connectivity index (χ0v) is 10.2. The molecule has 0 atom stereocenters. The predicted octanol–water partition coefficient (Wildman–Crippen LogP) is 2.34. The number of ketones is 1. The first kappa shape index (κ1) is 14.0. The molecule has 0 aliphatic carbocycles. The highest BCUT2D eigenvalue weighted by Crippen LogP contribution is 2.31. The fraction of sp³-hybridized carbons (Fsp3) is 0.250. The van der Waals surface area contributed by atoms with Crippen LogP contribution >= 0.6 is 0 Å². The number of hydrogen-bond donors (Lipinski definition) is 1. The van der Waals surface area contributed by atoms with Gasteiger partial charge < -0.3 is 9.67 Å². The number of halogens is 3. The largest absolute Gasteiger partial charge is 0.480 e. The van der Waals surface area contributed by atoms with Crippen LogP contribution in [-0.2, 0) is 17.5 Å². The topological polar surface area (TPSA) is 72.2 Å². The van der Waals surface area contributed by atoms with E-state index in [0.717, 1.165) is 0 Å². The van der Waals surface area contributed by atoms with Crippen LogP contribution in [0.25, 0.3) is 11.0 Å². The van der Waals surface area contributed by atoms with Gasteiger partial charge in [-0.05, 0) is 25.1 Å². The van der Waals surface area contributed by atoms with E-state index in [2.05, 4.69) is 4.98 Å². The second-order valence-electron chi connectivity index (χ2n) is 4.17. The zero-order chi connectivity index (χ0) is 15.1. The van der Waals surface area contributed by atoms with Crippen LogP contribution in [-0.4, -0.2) is 26.4 Å². The second kappa shape index (κ2) is 4.62.